The van der Waals surface area contributed by atoms with E-state index in [4.69, 9.17) is 4.74 Å². The first-order valence-corrected chi connectivity index (χ1v) is 7.05. The molecular weight excluding hydrogens is 300 g/mol. The maximum Gasteiger partial charge on any atom is 0.320 e. The van der Waals surface area contributed by atoms with E-state index in [-0.39, 0.29) is 5.82 Å². The Labute approximate surface area is 132 Å². The maximum atomic E-state index is 13.7. The van der Waals surface area contributed by atoms with Gasteiger partial charge in [0, 0.05) is 11.1 Å². The molecule has 1 heterocycles. The summed E-state index contributed by atoms with van der Waals surface area (Å²) in [5.74, 6) is 1.23. The summed E-state index contributed by atoms with van der Waals surface area (Å²) in [5, 5.41) is 0.578. The van der Waals surface area contributed by atoms with Gasteiger partial charge in [-0.2, -0.15) is 8.78 Å². The first kappa shape index (κ1) is 15.1. The van der Waals surface area contributed by atoms with Crippen molar-refractivity contribution < 1.29 is 13.5 Å². The van der Waals surface area contributed by atoms with Crippen LogP contribution in [-0.2, 0) is 0 Å². The molecule has 0 amide bonds. The van der Waals surface area contributed by atoms with E-state index >= 15 is 0 Å². The minimum absolute atomic E-state index is 0.188. The van der Waals surface area contributed by atoms with Gasteiger partial charge in [-0.1, -0.05) is 12.1 Å². The van der Waals surface area contributed by atoms with Gasteiger partial charge >= 0.3 is 6.55 Å². The monoisotopic (exact) mass is 315 g/mol. The SMILES string of the molecule is COc1ccc(N(c2nc(C)nc3ccccc23)C(F)F)cc1. The predicted molar refractivity (Wildman–Crippen MR) is 85.4 cm³/mol. The third kappa shape index (κ3) is 2.92. The van der Waals surface area contributed by atoms with Gasteiger partial charge < -0.3 is 4.74 Å². The van der Waals surface area contributed by atoms with Crippen LogP contribution >= 0.6 is 0 Å². The highest BCUT2D eigenvalue weighted by atomic mass is 19.3. The zero-order chi connectivity index (χ0) is 16.4. The Morgan fingerprint density at radius 1 is 1.00 bits per heavy atom. The molecule has 0 unspecified atom stereocenters. The van der Waals surface area contributed by atoms with E-state index in [1.54, 1.807) is 49.4 Å². The average molecular weight is 315 g/mol. The number of methoxy groups -OCH3 is 1. The first-order chi connectivity index (χ1) is 11.1. The molecule has 23 heavy (non-hydrogen) atoms. The summed E-state index contributed by atoms with van der Waals surface area (Å²) >= 11 is 0. The summed E-state index contributed by atoms with van der Waals surface area (Å²) < 4.78 is 32.6. The van der Waals surface area contributed by atoms with Crippen molar-refractivity contribution in [1.29, 1.82) is 0 Å². The number of fused-ring (bicyclic) bond motifs is 1. The molecule has 0 saturated heterocycles. The largest absolute Gasteiger partial charge is 0.497 e. The lowest BCUT2D eigenvalue weighted by atomic mass is 10.2. The van der Waals surface area contributed by atoms with Gasteiger partial charge in [-0.15, -0.1) is 0 Å². The van der Waals surface area contributed by atoms with Crippen molar-refractivity contribution in [1.82, 2.24) is 9.97 Å². The summed E-state index contributed by atoms with van der Waals surface area (Å²) in [4.78, 5) is 9.44. The molecule has 0 bridgehead atoms. The number of para-hydroxylation sites is 1. The number of nitrogens with zero attached hydrogens (tertiary/aromatic N) is 3. The number of hydrogen-bond donors (Lipinski definition) is 0. The number of ether oxygens (including phenoxy) is 1. The predicted octanol–water partition coefficient (Wildman–Crippen LogP) is 4.31. The summed E-state index contributed by atoms with van der Waals surface area (Å²) in [6.07, 6.45) is 0. The highest BCUT2D eigenvalue weighted by Crippen LogP contribution is 2.33. The lowest BCUT2D eigenvalue weighted by Crippen LogP contribution is -2.25. The molecule has 0 aliphatic heterocycles. The van der Waals surface area contributed by atoms with Crippen LogP contribution < -0.4 is 9.64 Å². The summed E-state index contributed by atoms with van der Waals surface area (Å²) in [6.45, 7) is -1.05. The normalized spacial score (nSPS) is 11.0. The molecule has 0 aliphatic rings. The molecule has 0 spiro atoms. The van der Waals surface area contributed by atoms with Crippen LogP contribution in [0.3, 0.4) is 0 Å². The number of aromatic nitrogens is 2. The van der Waals surface area contributed by atoms with Crippen LogP contribution in [0.15, 0.2) is 48.5 Å². The number of aryl methyl sites for hydroxylation is 1. The van der Waals surface area contributed by atoms with Crippen LogP contribution in [0.5, 0.6) is 5.75 Å². The number of halogens is 2. The minimum Gasteiger partial charge on any atom is -0.497 e. The van der Waals surface area contributed by atoms with Crippen molar-refractivity contribution in [3.05, 3.63) is 54.4 Å². The fraction of sp³-hybridized carbons (Fsp3) is 0.176. The third-order valence-corrected chi connectivity index (χ3v) is 3.47. The Kier molecular flexibility index (Phi) is 4.06. The van der Waals surface area contributed by atoms with Crippen LogP contribution in [0.1, 0.15) is 5.82 Å². The summed E-state index contributed by atoms with van der Waals surface area (Å²) in [6, 6.07) is 13.6. The van der Waals surface area contributed by atoms with Gasteiger partial charge in [0.2, 0.25) is 0 Å². The van der Waals surface area contributed by atoms with Gasteiger partial charge in [0.05, 0.1) is 12.6 Å². The van der Waals surface area contributed by atoms with Crippen molar-refractivity contribution in [3.63, 3.8) is 0 Å². The number of rotatable bonds is 4. The van der Waals surface area contributed by atoms with E-state index in [2.05, 4.69) is 9.97 Å². The minimum atomic E-state index is -2.74. The molecule has 3 rings (SSSR count). The van der Waals surface area contributed by atoms with Crippen LogP contribution in [-0.4, -0.2) is 23.6 Å². The molecule has 0 N–H and O–H groups in total. The molecule has 1 aromatic heterocycles. The van der Waals surface area contributed by atoms with E-state index in [0.29, 0.717) is 28.2 Å². The number of anilines is 2. The van der Waals surface area contributed by atoms with Crippen molar-refractivity contribution in [2.24, 2.45) is 0 Å². The Morgan fingerprint density at radius 3 is 2.35 bits per heavy atom. The highest BCUT2D eigenvalue weighted by molar-refractivity contribution is 5.91. The van der Waals surface area contributed by atoms with Gasteiger partial charge in [0.25, 0.3) is 0 Å². The molecule has 4 nitrogen and oxygen atoms in total. The Balaban J connectivity index is 2.18. The van der Waals surface area contributed by atoms with Gasteiger partial charge in [-0.05, 0) is 43.3 Å². The van der Waals surface area contributed by atoms with E-state index in [1.807, 2.05) is 6.07 Å². The lowest BCUT2D eigenvalue weighted by molar-refractivity contribution is 0.155. The topological polar surface area (TPSA) is 38.2 Å². The quantitative estimate of drug-likeness (QED) is 0.673. The lowest BCUT2D eigenvalue weighted by Gasteiger charge is -2.24. The fourth-order valence-corrected chi connectivity index (χ4v) is 2.43. The van der Waals surface area contributed by atoms with Gasteiger partial charge in [0.15, 0.2) is 0 Å². The molecule has 0 aliphatic carbocycles. The highest BCUT2D eigenvalue weighted by Gasteiger charge is 2.23. The van der Waals surface area contributed by atoms with Crippen molar-refractivity contribution in [3.8, 4) is 5.75 Å². The smallest absolute Gasteiger partial charge is 0.320 e. The molecule has 0 radical (unpaired) electrons. The van der Waals surface area contributed by atoms with E-state index < -0.39 is 6.55 Å². The maximum absolute atomic E-state index is 13.7. The molecule has 0 fully saturated rings. The molecule has 6 heteroatoms. The standard InChI is InChI=1S/C17H15F2N3O/c1-11-20-15-6-4-3-5-14(15)16(21-11)22(17(18)19)12-7-9-13(23-2)10-8-12/h3-10,17H,1-2H3. The second-order valence-electron chi connectivity index (χ2n) is 4.96. The van der Waals surface area contributed by atoms with Crippen LogP contribution in [0, 0.1) is 6.92 Å². The Hall–Kier alpha value is -2.76. The van der Waals surface area contributed by atoms with E-state index in [0.717, 1.165) is 4.90 Å². The van der Waals surface area contributed by atoms with Crippen molar-refractivity contribution in [2.75, 3.05) is 12.0 Å². The Morgan fingerprint density at radius 2 is 1.70 bits per heavy atom. The Bertz CT molecular complexity index is 822. The molecule has 0 atom stereocenters. The average Bonchev–Trinajstić information content (AvgIpc) is 2.55. The van der Waals surface area contributed by atoms with Crippen LogP contribution in [0.2, 0.25) is 0 Å². The van der Waals surface area contributed by atoms with E-state index in [1.165, 1.54) is 7.11 Å². The van der Waals surface area contributed by atoms with Crippen molar-refractivity contribution in [2.45, 2.75) is 13.5 Å². The number of benzene rings is 2. The molecule has 0 saturated carbocycles. The zero-order valence-electron chi connectivity index (χ0n) is 12.7. The molecule has 3 aromatic rings. The first-order valence-electron chi connectivity index (χ1n) is 7.05. The van der Waals surface area contributed by atoms with Gasteiger partial charge in [-0.3, -0.25) is 4.90 Å². The van der Waals surface area contributed by atoms with Crippen LogP contribution in [0.25, 0.3) is 10.9 Å². The van der Waals surface area contributed by atoms with Gasteiger partial charge in [0.1, 0.15) is 17.4 Å². The van der Waals surface area contributed by atoms with Gasteiger partial charge in [-0.25, -0.2) is 9.97 Å². The summed E-state index contributed by atoms with van der Waals surface area (Å²) in [5.41, 5.74) is 0.971. The summed E-state index contributed by atoms with van der Waals surface area (Å²) in [7, 11) is 1.53. The third-order valence-electron chi connectivity index (χ3n) is 3.47. The van der Waals surface area contributed by atoms with Crippen LogP contribution in [0.4, 0.5) is 20.3 Å². The van der Waals surface area contributed by atoms with Crippen molar-refractivity contribution >= 4 is 22.4 Å². The zero-order valence-corrected chi connectivity index (χ0v) is 12.7. The number of alkyl halides is 2. The molecule has 2 aromatic carbocycles. The fourth-order valence-electron chi connectivity index (χ4n) is 2.43. The number of hydrogen-bond acceptors (Lipinski definition) is 4. The molecular formula is C17H15F2N3O. The van der Waals surface area contributed by atoms with E-state index in [9.17, 15) is 8.78 Å². The second kappa shape index (κ2) is 6.16. The molecule has 118 valence electrons. The second-order valence-corrected chi connectivity index (χ2v) is 4.96.